The van der Waals surface area contributed by atoms with Crippen molar-refractivity contribution in [2.45, 2.75) is 6.54 Å². The van der Waals surface area contributed by atoms with E-state index < -0.39 is 0 Å². The molecule has 0 spiro atoms. The van der Waals surface area contributed by atoms with Crippen LogP contribution in [0, 0.1) is 5.82 Å². The highest BCUT2D eigenvalue weighted by molar-refractivity contribution is 7.08. The van der Waals surface area contributed by atoms with Gasteiger partial charge in [-0.2, -0.15) is 16.4 Å². The molecule has 27 heavy (non-hydrogen) atoms. The van der Waals surface area contributed by atoms with Gasteiger partial charge in [0.05, 0.1) is 11.4 Å². The predicted octanol–water partition coefficient (Wildman–Crippen LogP) is 4.27. The molecule has 1 aromatic carbocycles. The molecule has 2 N–H and O–H groups in total. The number of carbonyl (C=O) groups is 1. The molecule has 3 heterocycles. The fourth-order valence-electron chi connectivity index (χ4n) is 2.64. The van der Waals surface area contributed by atoms with Gasteiger partial charge in [-0.05, 0) is 59.5 Å². The lowest BCUT2D eigenvalue weighted by atomic mass is 10.1. The first kappa shape index (κ1) is 17.1. The smallest absolute Gasteiger partial charge is 0.269 e. The summed E-state index contributed by atoms with van der Waals surface area (Å²) in [6, 6.07) is 13.4. The van der Waals surface area contributed by atoms with E-state index in [1.54, 1.807) is 35.7 Å². The fraction of sp³-hybridized carbons (Fsp3) is 0.0500. The molecule has 3 aromatic heterocycles. The molecule has 4 rings (SSSR count). The number of halogens is 1. The third-order valence-corrected chi connectivity index (χ3v) is 4.74. The minimum Gasteiger partial charge on any atom is -0.347 e. The number of aromatic nitrogens is 3. The number of hydrogen-bond donors (Lipinski definition) is 2. The van der Waals surface area contributed by atoms with Crippen LogP contribution in [0.3, 0.4) is 0 Å². The lowest BCUT2D eigenvalue weighted by molar-refractivity contribution is 0.0946. The van der Waals surface area contributed by atoms with Crippen molar-refractivity contribution in [3.05, 3.63) is 82.6 Å². The molecular weight excluding hydrogens is 363 g/mol. The van der Waals surface area contributed by atoms with Crippen LogP contribution in [-0.4, -0.2) is 21.1 Å². The van der Waals surface area contributed by atoms with Gasteiger partial charge in [0, 0.05) is 29.2 Å². The van der Waals surface area contributed by atoms with Crippen LogP contribution in [0.5, 0.6) is 0 Å². The summed E-state index contributed by atoms with van der Waals surface area (Å²) in [5.74, 6) is -0.573. The van der Waals surface area contributed by atoms with E-state index >= 15 is 0 Å². The molecule has 1 amide bonds. The number of pyridine rings is 1. The van der Waals surface area contributed by atoms with E-state index in [1.807, 2.05) is 29.0 Å². The van der Waals surface area contributed by atoms with Crippen LogP contribution in [0.15, 0.2) is 65.5 Å². The maximum Gasteiger partial charge on any atom is 0.269 e. The van der Waals surface area contributed by atoms with Crippen molar-refractivity contribution in [3.63, 3.8) is 0 Å². The number of aromatic amines is 1. The molecule has 0 unspecified atom stereocenters. The van der Waals surface area contributed by atoms with Crippen molar-refractivity contribution in [2.75, 3.05) is 0 Å². The van der Waals surface area contributed by atoms with E-state index in [4.69, 9.17) is 0 Å². The van der Waals surface area contributed by atoms with E-state index in [2.05, 4.69) is 20.5 Å². The van der Waals surface area contributed by atoms with Crippen molar-refractivity contribution >= 4 is 17.2 Å². The highest BCUT2D eigenvalue weighted by Gasteiger charge is 2.11. The van der Waals surface area contributed by atoms with Crippen LogP contribution in [0.25, 0.3) is 22.5 Å². The van der Waals surface area contributed by atoms with E-state index in [0.717, 1.165) is 22.4 Å². The zero-order valence-electron chi connectivity index (χ0n) is 14.1. The van der Waals surface area contributed by atoms with Gasteiger partial charge in [0.2, 0.25) is 0 Å². The number of thiophene rings is 1. The average Bonchev–Trinajstić information content (AvgIpc) is 3.39. The maximum atomic E-state index is 13.0. The zero-order valence-corrected chi connectivity index (χ0v) is 15.0. The molecule has 0 saturated carbocycles. The summed E-state index contributed by atoms with van der Waals surface area (Å²) < 4.78 is 13.0. The number of carbonyl (C=O) groups excluding carboxylic acids is 1. The number of amides is 1. The molecule has 0 bridgehead atoms. The molecule has 0 saturated heterocycles. The lowest BCUT2D eigenvalue weighted by Gasteiger charge is -2.05. The second-order valence-corrected chi connectivity index (χ2v) is 6.70. The Hall–Kier alpha value is -3.32. The maximum absolute atomic E-state index is 13.0. The normalized spacial score (nSPS) is 10.7. The third kappa shape index (κ3) is 3.93. The highest BCUT2D eigenvalue weighted by atomic mass is 32.1. The SMILES string of the molecule is O=C(NCc1ccnc(-c2ccsc2)c1)c1cc(-c2ccc(F)cc2)n[nH]1. The van der Waals surface area contributed by atoms with Gasteiger partial charge in [0.25, 0.3) is 5.91 Å². The molecule has 5 nitrogen and oxygen atoms in total. The van der Waals surface area contributed by atoms with Gasteiger partial charge in [-0.15, -0.1) is 0 Å². The first-order chi connectivity index (χ1) is 13.2. The third-order valence-electron chi connectivity index (χ3n) is 4.06. The van der Waals surface area contributed by atoms with Crippen LogP contribution in [0.2, 0.25) is 0 Å². The Morgan fingerprint density at radius 2 is 1.93 bits per heavy atom. The monoisotopic (exact) mass is 378 g/mol. The number of hydrogen-bond acceptors (Lipinski definition) is 4. The van der Waals surface area contributed by atoms with Gasteiger partial charge in [-0.25, -0.2) is 4.39 Å². The van der Waals surface area contributed by atoms with Crippen LogP contribution < -0.4 is 5.32 Å². The van der Waals surface area contributed by atoms with Crippen molar-refractivity contribution in [2.24, 2.45) is 0 Å². The van der Waals surface area contributed by atoms with Crippen LogP contribution in [-0.2, 0) is 6.54 Å². The molecular formula is C20H15FN4OS. The summed E-state index contributed by atoms with van der Waals surface area (Å²) in [5, 5.41) is 13.7. The number of benzene rings is 1. The fourth-order valence-corrected chi connectivity index (χ4v) is 3.29. The van der Waals surface area contributed by atoms with Crippen molar-refractivity contribution < 1.29 is 9.18 Å². The number of nitrogens with one attached hydrogen (secondary N) is 2. The number of rotatable bonds is 5. The van der Waals surface area contributed by atoms with E-state index in [-0.39, 0.29) is 11.7 Å². The first-order valence-electron chi connectivity index (χ1n) is 8.26. The Labute approximate surface area is 158 Å². The molecule has 0 aliphatic heterocycles. The van der Waals surface area contributed by atoms with Gasteiger partial charge in [0.1, 0.15) is 11.5 Å². The topological polar surface area (TPSA) is 70.7 Å². The first-order valence-corrected chi connectivity index (χ1v) is 9.20. The quantitative estimate of drug-likeness (QED) is 0.545. The van der Waals surface area contributed by atoms with Crippen molar-refractivity contribution in [3.8, 4) is 22.5 Å². The van der Waals surface area contributed by atoms with Gasteiger partial charge in [-0.3, -0.25) is 14.9 Å². The van der Waals surface area contributed by atoms with E-state index in [9.17, 15) is 9.18 Å². The molecule has 4 aromatic rings. The van der Waals surface area contributed by atoms with Crippen LogP contribution >= 0.6 is 11.3 Å². The minimum atomic E-state index is -0.313. The summed E-state index contributed by atoms with van der Waals surface area (Å²) in [6.07, 6.45) is 1.73. The average molecular weight is 378 g/mol. The standard InChI is InChI=1S/C20H15FN4OS/c21-16-3-1-14(2-4-16)18-10-19(25-24-18)20(26)23-11-13-5-7-22-17(9-13)15-6-8-27-12-15/h1-10,12H,11H2,(H,23,26)(H,24,25). The minimum absolute atomic E-state index is 0.259. The summed E-state index contributed by atoms with van der Waals surface area (Å²) >= 11 is 1.62. The Bertz CT molecular complexity index is 1060. The largest absolute Gasteiger partial charge is 0.347 e. The zero-order chi connectivity index (χ0) is 18.6. The molecule has 0 radical (unpaired) electrons. The van der Waals surface area contributed by atoms with Crippen LogP contribution in [0.1, 0.15) is 16.1 Å². The Morgan fingerprint density at radius 3 is 2.70 bits per heavy atom. The second kappa shape index (κ2) is 7.51. The summed E-state index contributed by atoms with van der Waals surface area (Å²) in [7, 11) is 0. The molecule has 134 valence electrons. The Morgan fingerprint density at radius 1 is 1.07 bits per heavy atom. The molecule has 0 atom stereocenters. The lowest BCUT2D eigenvalue weighted by Crippen LogP contribution is -2.23. The van der Waals surface area contributed by atoms with Crippen molar-refractivity contribution in [1.82, 2.24) is 20.5 Å². The van der Waals surface area contributed by atoms with Crippen LogP contribution in [0.4, 0.5) is 4.39 Å². The summed E-state index contributed by atoms with van der Waals surface area (Å²) in [6.45, 7) is 0.378. The molecule has 0 aliphatic carbocycles. The Kier molecular flexibility index (Phi) is 4.76. The number of H-pyrrole nitrogens is 1. The Balaban J connectivity index is 1.43. The van der Waals surface area contributed by atoms with E-state index in [1.165, 1.54) is 12.1 Å². The highest BCUT2D eigenvalue weighted by Crippen LogP contribution is 2.21. The van der Waals surface area contributed by atoms with E-state index in [0.29, 0.717) is 17.9 Å². The second-order valence-electron chi connectivity index (χ2n) is 5.92. The summed E-state index contributed by atoms with van der Waals surface area (Å²) in [5.41, 5.74) is 4.57. The number of nitrogens with zero attached hydrogens (tertiary/aromatic N) is 2. The van der Waals surface area contributed by atoms with Gasteiger partial charge >= 0.3 is 0 Å². The molecule has 0 aliphatic rings. The summed E-state index contributed by atoms with van der Waals surface area (Å²) in [4.78, 5) is 16.7. The predicted molar refractivity (Wildman–Crippen MR) is 103 cm³/mol. The molecule has 7 heteroatoms. The van der Waals surface area contributed by atoms with Gasteiger partial charge in [-0.1, -0.05) is 0 Å². The van der Waals surface area contributed by atoms with Crippen molar-refractivity contribution in [1.29, 1.82) is 0 Å². The molecule has 0 fully saturated rings. The van der Waals surface area contributed by atoms with Gasteiger partial charge < -0.3 is 5.32 Å². The van der Waals surface area contributed by atoms with Gasteiger partial charge in [0.15, 0.2) is 0 Å².